The molecule has 1 saturated carbocycles. The zero-order valence-electron chi connectivity index (χ0n) is 21.4. The van der Waals surface area contributed by atoms with E-state index in [2.05, 4.69) is 36.8 Å². The standard InChI is InChI=1S/C27H38FN7O2/c1-19(29-27(37)30-23-9-5-8-21(17-23)26-31-33-34-32-26)25(36)18-35(24-10-3-2-4-11-24)16-6-7-20-12-14-22(28)15-13-20/h5,8-9,12-15,17,19,24-26,36H,2-4,6-7,10-11,16,18H2,1H3,(H,31,34)(H,32,33)(H2,29,30,37)/t19-,25+/m1/s1. The van der Waals surface area contributed by atoms with Gasteiger partial charge in [-0.05, 0) is 74.5 Å². The Morgan fingerprint density at radius 2 is 1.97 bits per heavy atom. The number of nitrogens with one attached hydrogen (secondary N) is 4. The summed E-state index contributed by atoms with van der Waals surface area (Å²) in [5.74, 6) is -0.219. The van der Waals surface area contributed by atoms with Gasteiger partial charge in [-0.1, -0.05) is 48.8 Å². The predicted molar refractivity (Wildman–Crippen MR) is 141 cm³/mol. The quantitative estimate of drug-likeness (QED) is 0.306. The molecule has 0 saturated heterocycles. The molecular formula is C27H38FN7O2. The number of nitrogens with zero attached hydrogens (tertiary/aromatic N) is 3. The van der Waals surface area contributed by atoms with Crippen molar-refractivity contribution in [2.45, 2.75) is 76.2 Å². The van der Waals surface area contributed by atoms with E-state index in [1.807, 2.05) is 37.3 Å². The molecule has 1 aliphatic heterocycles. The molecule has 10 heteroatoms. The van der Waals surface area contributed by atoms with E-state index in [0.29, 0.717) is 18.3 Å². The number of aryl methyl sites for hydroxylation is 1. The fourth-order valence-corrected chi connectivity index (χ4v) is 5.02. The minimum atomic E-state index is -0.709. The predicted octanol–water partition coefficient (Wildman–Crippen LogP) is 4.44. The van der Waals surface area contributed by atoms with Crippen LogP contribution < -0.4 is 21.6 Å². The molecule has 0 radical (unpaired) electrons. The summed E-state index contributed by atoms with van der Waals surface area (Å²) in [4.78, 5) is 15.0. The maximum absolute atomic E-state index is 13.2. The van der Waals surface area contributed by atoms with Crippen molar-refractivity contribution in [3.63, 3.8) is 0 Å². The highest BCUT2D eigenvalue weighted by Gasteiger charge is 2.26. The lowest BCUT2D eigenvalue weighted by Gasteiger charge is -2.37. The molecule has 9 nitrogen and oxygen atoms in total. The molecule has 37 heavy (non-hydrogen) atoms. The third-order valence-electron chi connectivity index (χ3n) is 7.16. The molecule has 0 spiro atoms. The largest absolute Gasteiger partial charge is 0.390 e. The first kappa shape index (κ1) is 27.0. The summed E-state index contributed by atoms with van der Waals surface area (Å²) >= 11 is 0. The molecule has 2 aromatic carbocycles. The number of aliphatic hydroxyl groups excluding tert-OH is 1. The van der Waals surface area contributed by atoms with E-state index >= 15 is 0 Å². The molecule has 4 rings (SSSR count). The Morgan fingerprint density at radius 3 is 2.70 bits per heavy atom. The minimum absolute atomic E-state index is 0.219. The van der Waals surface area contributed by atoms with Gasteiger partial charge in [-0.2, -0.15) is 5.43 Å². The van der Waals surface area contributed by atoms with Crippen LogP contribution >= 0.6 is 0 Å². The lowest BCUT2D eigenvalue weighted by atomic mass is 9.93. The number of halogens is 1. The Kier molecular flexibility index (Phi) is 9.81. The van der Waals surface area contributed by atoms with Crippen molar-refractivity contribution in [2.24, 2.45) is 10.3 Å². The van der Waals surface area contributed by atoms with E-state index in [9.17, 15) is 14.3 Å². The summed E-state index contributed by atoms with van der Waals surface area (Å²) < 4.78 is 13.2. The number of hydrogen-bond acceptors (Lipinski definition) is 7. The van der Waals surface area contributed by atoms with Crippen LogP contribution in [0.5, 0.6) is 0 Å². The minimum Gasteiger partial charge on any atom is -0.390 e. The van der Waals surface area contributed by atoms with Crippen LogP contribution in [0.3, 0.4) is 0 Å². The highest BCUT2D eigenvalue weighted by atomic mass is 19.1. The lowest BCUT2D eigenvalue weighted by Crippen LogP contribution is -2.50. The number of aliphatic hydroxyl groups is 1. The van der Waals surface area contributed by atoms with E-state index in [1.165, 1.54) is 31.4 Å². The Bertz CT molecular complexity index is 1030. The van der Waals surface area contributed by atoms with E-state index < -0.39 is 12.1 Å². The molecule has 0 bridgehead atoms. The number of benzene rings is 2. The molecule has 200 valence electrons. The molecular weight excluding hydrogens is 473 g/mol. The molecule has 1 heterocycles. The van der Waals surface area contributed by atoms with Crippen molar-refractivity contribution < 1.29 is 14.3 Å². The van der Waals surface area contributed by atoms with Crippen molar-refractivity contribution in [3.8, 4) is 0 Å². The van der Waals surface area contributed by atoms with Crippen LogP contribution in [0.25, 0.3) is 0 Å². The van der Waals surface area contributed by atoms with Crippen LogP contribution in [0, 0.1) is 5.82 Å². The Morgan fingerprint density at radius 1 is 1.19 bits per heavy atom. The summed E-state index contributed by atoms with van der Waals surface area (Å²) in [6.07, 6.45) is 6.72. The van der Waals surface area contributed by atoms with Crippen molar-refractivity contribution in [1.82, 2.24) is 21.2 Å². The smallest absolute Gasteiger partial charge is 0.319 e. The zero-order chi connectivity index (χ0) is 26.0. The summed E-state index contributed by atoms with van der Waals surface area (Å²) in [5.41, 5.74) is 8.11. The van der Waals surface area contributed by atoms with Gasteiger partial charge in [0.1, 0.15) is 5.82 Å². The molecule has 0 aromatic heterocycles. The van der Waals surface area contributed by atoms with Gasteiger partial charge in [-0.3, -0.25) is 4.90 Å². The normalized spacial score (nSPS) is 19.4. The van der Waals surface area contributed by atoms with Gasteiger partial charge in [0.05, 0.1) is 12.1 Å². The topological polar surface area (TPSA) is 113 Å². The number of rotatable bonds is 11. The molecule has 1 aliphatic carbocycles. The SMILES string of the molecule is C[C@@H](NC(=O)Nc1cccc(C2N=NNN2)c1)[C@@H](O)CN(CCCc1ccc(F)cc1)C1CCCCC1. The number of hydrazine groups is 1. The number of carbonyl (C=O) groups excluding carboxylic acids is 1. The first-order valence-corrected chi connectivity index (χ1v) is 13.2. The van der Waals surface area contributed by atoms with Crippen LogP contribution in [0.2, 0.25) is 0 Å². The fourth-order valence-electron chi connectivity index (χ4n) is 5.02. The number of carbonyl (C=O) groups is 1. The van der Waals surface area contributed by atoms with Crippen LogP contribution in [-0.4, -0.2) is 47.3 Å². The van der Waals surface area contributed by atoms with Crippen LogP contribution in [-0.2, 0) is 6.42 Å². The molecule has 1 unspecified atom stereocenters. The van der Waals surface area contributed by atoms with Gasteiger partial charge in [0.15, 0.2) is 6.17 Å². The zero-order valence-corrected chi connectivity index (χ0v) is 21.4. The van der Waals surface area contributed by atoms with Gasteiger partial charge in [0, 0.05) is 18.3 Å². The number of hydrogen-bond donors (Lipinski definition) is 5. The summed E-state index contributed by atoms with van der Waals surface area (Å²) in [6.45, 7) is 3.18. The van der Waals surface area contributed by atoms with Gasteiger partial charge in [0.25, 0.3) is 0 Å². The van der Waals surface area contributed by atoms with E-state index in [0.717, 1.165) is 43.4 Å². The monoisotopic (exact) mass is 511 g/mol. The van der Waals surface area contributed by atoms with Crippen molar-refractivity contribution >= 4 is 11.7 Å². The van der Waals surface area contributed by atoms with Crippen molar-refractivity contribution in [3.05, 3.63) is 65.5 Å². The molecule has 1 fully saturated rings. The second kappa shape index (κ2) is 13.5. The summed E-state index contributed by atoms with van der Waals surface area (Å²) in [5, 5.41) is 24.5. The number of anilines is 1. The fraction of sp³-hybridized carbons (Fsp3) is 0.519. The molecule has 2 amide bonds. The Balaban J connectivity index is 1.28. The summed E-state index contributed by atoms with van der Waals surface area (Å²) in [7, 11) is 0. The average molecular weight is 512 g/mol. The molecule has 2 aliphatic rings. The van der Waals surface area contributed by atoms with Gasteiger partial charge in [-0.15, -0.1) is 5.11 Å². The third kappa shape index (κ3) is 8.21. The van der Waals surface area contributed by atoms with E-state index in [1.54, 1.807) is 6.07 Å². The summed E-state index contributed by atoms with van der Waals surface area (Å²) in [6, 6.07) is 13.7. The Labute approximate surface area is 217 Å². The maximum atomic E-state index is 13.2. The van der Waals surface area contributed by atoms with Gasteiger partial charge in [-0.25, -0.2) is 14.7 Å². The second-order valence-electron chi connectivity index (χ2n) is 9.97. The van der Waals surface area contributed by atoms with Crippen molar-refractivity contribution in [1.29, 1.82) is 0 Å². The van der Waals surface area contributed by atoms with Crippen LogP contribution in [0.4, 0.5) is 14.9 Å². The third-order valence-corrected chi connectivity index (χ3v) is 7.16. The Hall–Kier alpha value is -3.08. The van der Waals surface area contributed by atoms with Crippen molar-refractivity contribution in [2.75, 3.05) is 18.4 Å². The van der Waals surface area contributed by atoms with E-state index in [-0.39, 0.29) is 18.0 Å². The lowest BCUT2D eigenvalue weighted by molar-refractivity contribution is 0.0558. The maximum Gasteiger partial charge on any atom is 0.319 e. The highest BCUT2D eigenvalue weighted by Crippen LogP contribution is 2.24. The first-order valence-electron chi connectivity index (χ1n) is 13.2. The molecule has 3 atom stereocenters. The van der Waals surface area contributed by atoms with E-state index in [4.69, 9.17) is 0 Å². The second-order valence-corrected chi connectivity index (χ2v) is 9.97. The van der Waals surface area contributed by atoms with Gasteiger partial charge in [0.2, 0.25) is 0 Å². The number of urea groups is 1. The average Bonchev–Trinajstić information content (AvgIpc) is 3.45. The molecule has 5 N–H and O–H groups in total. The first-order chi connectivity index (χ1) is 18.0. The molecule has 2 aromatic rings. The van der Waals surface area contributed by atoms with Gasteiger partial charge < -0.3 is 15.7 Å². The van der Waals surface area contributed by atoms with Gasteiger partial charge >= 0.3 is 6.03 Å². The van der Waals surface area contributed by atoms with Crippen LogP contribution in [0.15, 0.2) is 58.9 Å². The highest BCUT2D eigenvalue weighted by molar-refractivity contribution is 5.89. The van der Waals surface area contributed by atoms with Crippen LogP contribution in [0.1, 0.15) is 62.7 Å². The number of amides is 2.